The third-order valence-corrected chi connectivity index (χ3v) is 3.70. The Kier molecular flexibility index (Phi) is 4.95. The summed E-state index contributed by atoms with van der Waals surface area (Å²) in [6, 6.07) is 3.88. The number of ether oxygens (including phenoxy) is 1. The largest absolute Gasteiger partial charge is 0.397 e. The number of rotatable bonds is 4. The molecule has 0 bridgehead atoms. The molecule has 0 saturated heterocycles. The summed E-state index contributed by atoms with van der Waals surface area (Å²) >= 11 is 0. The summed E-state index contributed by atoms with van der Waals surface area (Å²) in [6.07, 6.45) is 4.43. The van der Waals surface area contributed by atoms with E-state index < -0.39 is 5.82 Å². The number of amides is 1. The van der Waals surface area contributed by atoms with Crippen LogP contribution in [0.5, 0.6) is 0 Å². The van der Waals surface area contributed by atoms with E-state index in [4.69, 9.17) is 10.5 Å². The predicted octanol–water partition coefficient (Wildman–Crippen LogP) is 2.94. The first kappa shape index (κ1) is 14.8. The molecule has 5 heteroatoms. The summed E-state index contributed by atoms with van der Waals surface area (Å²) in [5.41, 5.74) is 6.30. The molecule has 1 aromatic carbocycles. The summed E-state index contributed by atoms with van der Waals surface area (Å²) in [4.78, 5) is 11.8. The molecular formula is C15H21FN2O2. The van der Waals surface area contributed by atoms with Gasteiger partial charge in [0.05, 0.1) is 17.5 Å². The molecule has 1 aliphatic carbocycles. The van der Waals surface area contributed by atoms with Gasteiger partial charge in [-0.15, -0.1) is 0 Å². The van der Waals surface area contributed by atoms with E-state index in [1.165, 1.54) is 18.2 Å². The number of hydrogen-bond donors (Lipinski definition) is 2. The van der Waals surface area contributed by atoms with Gasteiger partial charge in [-0.2, -0.15) is 0 Å². The number of hydrogen-bond acceptors (Lipinski definition) is 3. The van der Waals surface area contributed by atoms with Crippen LogP contribution in [-0.4, -0.2) is 18.6 Å². The molecule has 4 nitrogen and oxygen atoms in total. The second-order valence-corrected chi connectivity index (χ2v) is 5.47. The van der Waals surface area contributed by atoms with Crippen molar-refractivity contribution in [3.05, 3.63) is 24.0 Å². The third kappa shape index (κ3) is 4.20. The van der Waals surface area contributed by atoms with E-state index in [1.54, 1.807) is 0 Å². The Morgan fingerprint density at radius 1 is 1.40 bits per heavy atom. The summed E-state index contributed by atoms with van der Waals surface area (Å²) in [6.45, 7) is 2.21. The van der Waals surface area contributed by atoms with Gasteiger partial charge in [0.25, 0.3) is 0 Å². The van der Waals surface area contributed by atoms with Crippen LogP contribution < -0.4 is 11.1 Å². The summed E-state index contributed by atoms with van der Waals surface area (Å²) in [5, 5.41) is 2.57. The molecule has 1 fully saturated rings. The van der Waals surface area contributed by atoms with Crippen LogP contribution in [0.1, 0.15) is 32.6 Å². The van der Waals surface area contributed by atoms with Crippen molar-refractivity contribution in [3.63, 3.8) is 0 Å². The average Bonchev–Trinajstić information content (AvgIpc) is 2.42. The lowest BCUT2D eigenvalue weighted by Crippen LogP contribution is -2.26. The second kappa shape index (κ2) is 6.70. The SMILES string of the molecule is CC1CCC(OCC(=O)Nc2cc(F)ccc2N)CC1. The Hall–Kier alpha value is -1.62. The highest BCUT2D eigenvalue weighted by molar-refractivity contribution is 5.94. The minimum absolute atomic E-state index is 0.0188. The average molecular weight is 280 g/mol. The molecule has 1 saturated carbocycles. The first-order chi connectivity index (χ1) is 9.54. The van der Waals surface area contributed by atoms with Crippen molar-refractivity contribution < 1.29 is 13.9 Å². The number of benzene rings is 1. The molecule has 0 heterocycles. The van der Waals surface area contributed by atoms with Crippen LogP contribution in [0.25, 0.3) is 0 Å². The Morgan fingerprint density at radius 3 is 2.80 bits per heavy atom. The van der Waals surface area contributed by atoms with Crippen molar-refractivity contribution >= 4 is 17.3 Å². The first-order valence-corrected chi connectivity index (χ1v) is 7.01. The van der Waals surface area contributed by atoms with E-state index in [0.717, 1.165) is 31.6 Å². The number of anilines is 2. The van der Waals surface area contributed by atoms with Gasteiger partial charge in [0.1, 0.15) is 12.4 Å². The number of nitrogens with one attached hydrogen (secondary N) is 1. The highest BCUT2D eigenvalue weighted by Crippen LogP contribution is 2.25. The number of carbonyl (C=O) groups is 1. The zero-order valence-electron chi connectivity index (χ0n) is 11.7. The highest BCUT2D eigenvalue weighted by atomic mass is 19.1. The molecule has 110 valence electrons. The highest BCUT2D eigenvalue weighted by Gasteiger charge is 2.19. The van der Waals surface area contributed by atoms with Crippen LogP contribution >= 0.6 is 0 Å². The zero-order chi connectivity index (χ0) is 14.5. The molecule has 0 atom stereocenters. The molecule has 0 aromatic heterocycles. The Labute approximate surface area is 118 Å². The van der Waals surface area contributed by atoms with Crippen molar-refractivity contribution in [2.75, 3.05) is 17.7 Å². The maximum absolute atomic E-state index is 13.1. The Balaban J connectivity index is 1.79. The van der Waals surface area contributed by atoms with E-state index in [9.17, 15) is 9.18 Å². The van der Waals surface area contributed by atoms with Gasteiger partial charge in [-0.05, 0) is 49.8 Å². The number of halogens is 1. The fraction of sp³-hybridized carbons (Fsp3) is 0.533. The van der Waals surface area contributed by atoms with E-state index in [2.05, 4.69) is 12.2 Å². The Bertz CT molecular complexity index is 471. The van der Waals surface area contributed by atoms with Crippen LogP contribution in [0.4, 0.5) is 15.8 Å². The first-order valence-electron chi connectivity index (χ1n) is 7.01. The molecule has 2 rings (SSSR count). The third-order valence-electron chi connectivity index (χ3n) is 3.70. The number of carbonyl (C=O) groups excluding carboxylic acids is 1. The van der Waals surface area contributed by atoms with E-state index in [1.807, 2.05) is 0 Å². The second-order valence-electron chi connectivity index (χ2n) is 5.47. The Morgan fingerprint density at radius 2 is 2.10 bits per heavy atom. The maximum Gasteiger partial charge on any atom is 0.250 e. The molecule has 20 heavy (non-hydrogen) atoms. The summed E-state index contributed by atoms with van der Waals surface area (Å²) < 4.78 is 18.7. The standard InChI is InChI=1S/C15H21FN2O2/c1-10-2-5-12(6-3-10)20-9-15(19)18-14-8-11(16)4-7-13(14)17/h4,7-8,10,12H,2-3,5-6,9,17H2,1H3,(H,18,19). The summed E-state index contributed by atoms with van der Waals surface area (Å²) in [7, 11) is 0. The minimum Gasteiger partial charge on any atom is -0.397 e. The molecule has 0 radical (unpaired) electrons. The van der Waals surface area contributed by atoms with Crippen LogP contribution in [-0.2, 0) is 9.53 Å². The maximum atomic E-state index is 13.1. The van der Waals surface area contributed by atoms with Crippen LogP contribution in [0.2, 0.25) is 0 Å². The van der Waals surface area contributed by atoms with Gasteiger partial charge in [-0.25, -0.2) is 4.39 Å². The topological polar surface area (TPSA) is 64.3 Å². The van der Waals surface area contributed by atoms with Crippen molar-refractivity contribution in [3.8, 4) is 0 Å². The van der Waals surface area contributed by atoms with E-state index in [0.29, 0.717) is 5.69 Å². The molecule has 1 amide bonds. The zero-order valence-corrected chi connectivity index (χ0v) is 11.7. The van der Waals surface area contributed by atoms with Gasteiger partial charge in [0.15, 0.2) is 0 Å². The molecule has 1 aliphatic rings. The van der Waals surface area contributed by atoms with Crippen molar-refractivity contribution in [1.82, 2.24) is 0 Å². The van der Waals surface area contributed by atoms with Gasteiger partial charge in [-0.1, -0.05) is 6.92 Å². The number of nitrogen functional groups attached to an aromatic ring is 1. The fourth-order valence-electron chi connectivity index (χ4n) is 2.41. The van der Waals surface area contributed by atoms with E-state index in [-0.39, 0.29) is 24.3 Å². The fourth-order valence-corrected chi connectivity index (χ4v) is 2.41. The van der Waals surface area contributed by atoms with Gasteiger partial charge < -0.3 is 15.8 Å². The number of nitrogens with two attached hydrogens (primary N) is 1. The smallest absolute Gasteiger partial charge is 0.250 e. The quantitative estimate of drug-likeness (QED) is 0.833. The van der Waals surface area contributed by atoms with Crippen molar-refractivity contribution in [2.45, 2.75) is 38.7 Å². The van der Waals surface area contributed by atoms with Gasteiger partial charge in [-0.3, -0.25) is 4.79 Å². The van der Waals surface area contributed by atoms with E-state index >= 15 is 0 Å². The lowest BCUT2D eigenvalue weighted by atomic mass is 9.89. The monoisotopic (exact) mass is 280 g/mol. The van der Waals surface area contributed by atoms with Crippen LogP contribution in [0, 0.1) is 11.7 Å². The minimum atomic E-state index is -0.434. The molecule has 0 spiro atoms. The van der Waals surface area contributed by atoms with Crippen LogP contribution in [0.3, 0.4) is 0 Å². The summed E-state index contributed by atoms with van der Waals surface area (Å²) in [5.74, 6) is 0.00776. The van der Waals surface area contributed by atoms with Crippen molar-refractivity contribution in [1.29, 1.82) is 0 Å². The van der Waals surface area contributed by atoms with Crippen molar-refractivity contribution in [2.24, 2.45) is 5.92 Å². The molecule has 1 aromatic rings. The molecule has 0 unspecified atom stereocenters. The lowest BCUT2D eigenvalue weighted by molar-refractivity contribution is -0.123. The predicted molar refractivity (Wildman–Crippen MR) is 76.8 cm³/mol. The van der Waals surface area contributed by atoms with Gasteiger partial charge in [0.2, 0.25) is 5.91 Å². The molecule has 3 N–H and O–H groups in total. The van der Waals surface area contributed by atoms with Crippen LogP contribution in [0.15, 0.2) is 18.2 Å². The lowest BCUT2D eigenvalue weighted by Gasteiger charge is -2.26. The van der Waals surface area contributed by atoms with Gasteiger partial charge in [0, 0.05) is 0 Å². The molecular weight excluding hydrogens is 259 g/mol. The normalized spacial score (nSPS) is 22.5. The van der Waals surface area contributed by atoms with Gasteiger partial charge >= 0.3 is 0 Å². The molecule has 0 aliphatic heterocycles.